The molecule has 1 aromatic heterocycles. The molecule has 0 bridgehead atoms. The summed E-state index contributed by atoms with van der Waals surface area (Å²) >= 11 is 0. The molecule has 1 saturated carbocycles. The Morgan fingerprint density at radius 1 is 1.44 bits per heavy atom. The van der Waals surface area contributed by atoms with Gasteiger partial charge in [-0.25, -0.2) is 0 Å². The average molecular weight is 220 g/mol. The lowest BCUT2D eigenvalue weighted by atomic mass is 9.92. The lowest BCUT2D eigenvalue weighted by Crippen LogP contribution is -2.41. The number of hydrogen-bond acceptors (Lipinski definition) is 4. The van der Waals surface area contributed by atoms with Crippen LogP contribution in [-0.2, 0) is 0 Å². The highest BCUT2D eigenvalue weighted by molar-refractivity contribution is 5.92. The maximum Gasteiger partial charge on any atom is 0.274 e. The van der Waals surface area contributed by atoms with Crippen LogP contribution in [0.25, 0.3) is 0 Å². The van der Waals surface area contributed by atoms with E-state index in [1.807, 2.05) is 7.05 Å². The third-order valence-electron chi connectivity index (χ3n) is 3.08. The first-order valence-corrected chi connectivity index (χ1v) is 5.51. The van der Waals surface area contributed by atoms with Crippen LogP contribution in [0.15, 0.2) is 12.1 Å². The third kappa shape index (κ3) is 1.98. The lowest BCUT2D eigenvalue weighted by Gasteiger charge is -2.34. The Bertz CT molecular complexity index is 372. The minimum atomic E-state index is -0.0418. The summed E-state index contributed by atoms with van der Waals surface area (Å²) in [6.45, 7) is 0. The maximum absolute atomic E-state index is 12.0. The van der Waals surface area contributed by atoms with E-state index in [9.17, 15) is 4.79 Å². The minimum Gasteiger partial charge on any atom is -0.372 e. The van der Waals surface area contributed by atoms with Crippen molar-refractivity contribution in [3.05, 3.63) is 17.8 Å². The van der Waals surface area contributed by atoms with Gasteiger partial charge in [-0.3, -0.25) is 4.79 Å². The van der Waals surface area contributed by atoms with Crippen LogP contribution in [0, 0.1) is 0 Å². The van der Waals surface area contributed by atoms with Crippen molar-refractivity contribution in [1.29, 1.82) is 0 Å². The van der Waals surface area contributed by atoms with E-state index in [1.54, 1.807) is 24.1 Å². The predicted molar refractivity (Wildman–Crippen MR) is 61.3 cm³/mol. The summed E-state index contributed by atoms with van der Waals surface area (Å²) in [5.74, 6) is 0.628. The monoisotopic (exact) mass is 220 g/mol. The van der Waals surface area contributed by atoms with Gasteiger partial charge in [0.15, 0.2) is 5.69 Å². The highest BCUT2D eigenvalue weighted by Crippen LogP contribution is 2.24. The molecule has 1 fully saturated rings. The van der Waals surface area contributed by atoms with Gasteiger partial charge in [-0.05, 0) is 31.4 Å². The predicted octanol–water partition coefficient (Wildman–Crippen LogP) is 1.14. The molecule has 5 heteroatoms. The topological polar surface area (TPSA) is 58.1 Å². The number of nitrogens with one attached hydrogen (secondary N) is 1. The molecule has 0 unspecified atom stereocenters. The van der Waals surface area contributed by atoms with Gasteiger partial charge < -0.3 is 10.2 Å². The van der Waals surface area contributed by atoms with E-state index in [0.717, 1.165) is 12.8 Å². The standard InChI is InChI=1S/C11H16N4O/c1-12-10-7-6-9(13-14-10)11(16)15(2)8-4-3-5-8/h6-8H,3-5H2,1-2H3,(H,12,14). The summed E-state index contributed by atoms with van der Waals surface area (Å²) in [6, 6.07) is 3.85. The first kappa shape index (κ1) is 10.9. The smallest absolute Gasteiger partial charge is 0.274 e. The molecule has 0 radical (unpaired) electrons. The van der Waals surface area contributed by atoms with Gasteiger partial charge >= 0.3 is 0 Å². The number of rotatable bonds is 3. The van der Waals surface area contributed by atoms with Crippen LogP contribution in [0.3, 0.4) is 0 Å². The Morgan fingerprint density at radius 3 is 2.62 bits per heavy atom. The van der Waals surface area contributed by atoms with Gasteiger partial charge in [0.1, 0.15) is 5.82 Å². The molecule has 0 aliphatic heterocycles. The van der Waals surface area contributed by atoms with Crippen LogP contribution in [0.4, 0.5) is 5.82 Å². The molecule has 0 aromatic carbocycles. The summed E-state index contributed by atoms with van der Waals surface area (Å²) in [4.78, 5) is 13.8. The molecule has 1 aliphatic carbocycles. The fraction of sp³-hybridized carbons (Fsp3) is 0.545. The van der Waals surface area contributed by atoms with Crippen molar-refractivity contribution in [3.8, 4) is 0 Å². The van der Waals surface area contributed by atoms with E-state index in [-0.39, 0.29) is 5.91 Å². The zero-order valence-corrected chi connectivity index (χ0v) is 9.60. The Labute approximate surface area is 94.9 Å². The molecule has 1 N–H and O–H groups in total. The van der Waals surface area contributed by atoms with Gasteiger partial charge in [-0.1, -0.05) is 0 Å². The molecule has 1 aliphatic rings. The van der Waals surface area contributed by atoms with Gasteiger partial charge in [-0.15, -0.1) is 10.2 Å². The molecule has 0 spiro atoms. The molecule has 5 nitrogen and oxygen atoms in total. The maximum atomic E-state index is 12.0. The van der Waals surface area contributed by atoms with Crippen LogP contribution in [0.1, 0.15) is 29.8 Å². The van der Waals surface area contributed by atoms with E-state index >= 15 is 0 Å². The van der Waals surface area contributed by atoms with E-state index in [4.69, 9.17) is 0 Å². The molecule has 2 rings (SSSR count). The van der Waals surface area contributed by atoms with Crippen molar-refractivity contribution in [2.45, 2.75) is 25.3 Å². The Hall–Kier alpha value is -1.65. The number of carbonyl (C=O) groups excluding carboxylic acids is 1. The van der Waals surface area contributed by atoms with Crippen LogP contribution >= 0.6 is 0 Å². The fourth-order valence-corrected chi connectivity index (χ4v) is 1.70. The summed E-state index contributed by atoms with van der Waals surface area (Å²) in [6.07, 6.45) is 3.42. The lowest BCUT2D eigenvalue weighted by molar-refractivity contribution is 0.0645. The summed E-state index contributed by atoms with van der Waals surface area (Å²) in [5, 5.41) is 10.7. The highest BCUT2D eigenvalue weighted by atomic mass is 16.2. The van der Waals surface area contributed by atoms with Crippen molar-refractivity contribution in [2.24, 2.45) is 0 Å². The van der Waals surface area contributed by atoms with Crippen molar-refractivity contribution in [1.82, 2.24) is 15.1 Å². The number of hydrogen-bond donors (Lipinski definition) is 1. The molecule has 0 saturated heterocycles. The molecule has 16 heavy (non-hydrogen) atoms. The van der Waals surface area contributed by atoms with Crippen molar-refractivity contribution in [2.75, 3.05) is 19.4 Å². The first-order chi connectivity index (χ1) is 7.72. The summed E-state index contributed by atoms with van der Waals surface area (Å²) < 4.78 is 0. The van der Waals surface area contributed by atoms with Crippen molar-refractivity contribution in [3.63, 3.8) is 0 Å². The average Bonchev–Trinajstić information content (AvgIpc) is 2.26. The zero-order valence-electron chi connectivity index (χ0n) is 9.60. The molecule has 86 valence electrons. The zero-order chi connectivity index (χ0) is 11.5. The molecule has 1 amide bonds. The van der Waals surface area contributed by atoms with Gasteiger partial charge in [0.2, 0.25) is 0 Å². The van der Waals surface area contributed by atoms with Crippen LogP contribution < -0.4 is 5.32 Å². The van der Waals surface area contributed by atoms with E-state index in [2.05, 4.69) is 15.5 Å². The number of nitrogens with zero attached hydrogens (tertiary/aromatic N) is 3. The Balaban J connectivity index is 2.07. The Morgan fingerprint density at radius 2 is 2.19 bits per heavy atom. The number of anilines is 1. The van der Waals surface area contributed by atoms with E-state index < -0.39 is 0 Å². The number of amides is 1. The van der Waals surface area contributed by atoms with Crippen molar-refractivity contribution < 1.29 is 4.79 Å². The van der Waals surface area contributed by atoms with Gasteiger partial charge in [0, 0.05) is 20.1 Å². The van der Waals surface area contributed by atoms with Crippen LogP contribution in [-0.4, -0.2) is 41.1 Å². The number of carbonyl (C=O) groups is 1. The summed E-state index contributed by atoms with van der Waals surface area (Å²) in [7, 11) is 3.60. The molecular weight excluding hydrogens is 204 g/mol. The Kier molecular flexibility index (Phi) is 3.03. The SMILES string of the molecule is CNc1ccc(C(=O)N(C)C2CCC2)nn1. The first-order valence-electron chi connectivity index (χ1n) is 5.51. The minimum absolute atomic E-state index is 0.0418. The van der Waals surface area contributed by atoms with E-state index in [1.165, 1.54) is 6.42 Å². The number of aromatic nitrogens is 2. The summed E-state index contributed by atoms with van der Waals surface area (Å²) in [5.41, 5.74) is 0.411. The molecular formula is C11H16N4O. The second-order valence-corrected chi connectivity index (χ2v) is 4.05. The molecule has 0 atom stereocenters. The van der Waals surface area contributed by atoms with Crippen molar-refractivity contribution >= 4 is 11.7 Å². The van der Waals surface area contributed by atoms with Gasteiger partial charge in [0.05, 0.1) is 0 Å². The molecule has 1 heterocycles. The van der Waals surface area contributed by atoms with Crippen LogP contribution in [0.2, 0.25) is 0 Å². The molecule has 1 aromatic rings. The third-order valence-corrected chi connectivity index (χ3v) is 3.08. The highest BCUT2D eigenvalue weighted by Gasteiger charge is 2.26. The largest absolute Gasteiger partial charge is 0.372 e. The normalized spacial score (nSPS) is 15.4. The second kappa shape index (κ2) is 4.47. The van der Waals surface area contributed by atoms with Gasteiger partial charge in [-0.2, -0.15) is 0 Å². The van der Waals surface area contributed by atoms with Crippen LogP contribution in [0.5, 0.6) is 0 Å². The van der Waals surface area contributed by atoms with Gasteiger partial charge in [0.25, 0.3) is 5.91 Å². The van der Waals surface area contributed by atoms with E-state index in [0.29, 0.717) is 17.6 Å². The second-order valence-electron chi connectivity index (χ2n) is 4.05. The fourth-order valence-electron chi connectivity index (χ4n) is 1.70. The quantitative estimate of drug-likeness (QED) is 0.830.